The smallest absolute Gasteiger partial charge is 0.191 e. The summed E-state index contributed by atoms with van der Waals surface area (Å²) in [6.45, 7) is 5.25. The van der Waals surface area contributed by atoms with Gasteiger partial charge in [0.05, 0.1) is 3.79 Å². The molecule has 1 heterocycles. The Kier molecular flexibility index (Phi) is 6.18. The number of guanidine groups is 1. The summed E-state index contributed by atoms with van der Waals surface area (Å²) in [5.41, 5.74) is 0. The number of thiophene rings is 1. The molecule has 0 atom stereocenters. The number of nitrogens with one attached hydrogen (secondary N) is 2. The Balaban J connectivity index is 2.26. The molecule has 3 nitrogen and oxygen atoms in total. The zero-order valence-electron chi connectivity index (χ0n) is 9.29. The molecule has 0 aliphatic heterocycles. The van der Waals surface area contributed by atoms with Gasteiger partial charge in [0, 0.05) is 25.0 Å². The quantitative estimate of drug-likeness (QED) is 0.498. The largest absolute Gasteiger partial charge is 0.356 e. The molecule has 5 heteroatoms. The third-order valence-corrected chi connectivity index (χ3v) is 3.61. The van der Waals surface area contributed by atoms with Gasteiger partial charge in [-0.05, 0) is 34.5 Å². The van der Waals surface area contributed by atoms with Crippen molar-refractivity contribution in [3.05, 3.63) is 33.5 Å². The molecule has 0 aliphatic rings. The van der Waals surface area contributed by atoms with Gasteiger partial charge in [0.1, 0.15) is 0 Å². The van der Waals surface area contributed by atoms with E-state index in [0.29, 0.717) is 0 Å². The van der Waals surface area contributed by atoms with Crippen molar-refractivity contribution in [1.82, 2.24) is 10.6 Å². The summed E-state index contributed by atoms with van der Waals surface area (Å²) in [5.74, 6) is 0.815. The molecule has 2 N–H and O–H groups in total. The first-order valence-corrected chi connectivity index (χ1v) is 6.67. The monoisotopic (exact) mass is 301 g/mol. The van der Waals surface area contributed by atoms with Crippen LogP contribution in [0.3, 0.4) is 0 Å². The molecule has 0 aliphatic carbocycles. The van der Waals surface area contributed by atoms with Crippen molar-refractivity contribution in [2.75, 3.05) is 20.1 Å². The van der Waals surface area contributed by atoms with Crippen LogP contribution in [0.4, 0.5) is 0 Å². The SMILES string of the molecule is C=CCNC(=NC)NCCc1ccc(Br)s1. The molecule has 1 aromatic heterocycles. The second-order valence-electron chi connectivity index (χ2n) is 3.12. The molecule has 0 unspecified atom stereocenters. The van der Waals surface area contributed by atoms with E-state index >= 15 is 0 Å². The van der Waals surface area contributed by atoms with Crippen molar-refractivity contribution in [2.24, 2.45) is 4.99 Å². The van der Waals surface area contributed by atoms with Gasteiger partial charge in [-0.2, -0.15) is 0 Å². The van der Waals surface area contributed by atoms with Crippen molar-refractivity contribution < 1.29 is 0 Å². The standard InChI is InChI=1S/C11H16BrN3S/c1-3-7-14-11(13-2)15-8-6-9-4-5-10(12)16-9/h3-5H,1,6-8H2,2H3,(H2,13,14,15). The van der Waals surface area contributed by atoms with Crippen molar-refractivity contribution in [2.45, 2.75) is 6.42 Å². The molecule has 0 fully saturated rings. The van der Waals surface area contributed by atoms with E-state index in [4.69, 9.17) is 0 Å². The first kappa shape index (κ1) is 13.3. The Bertz CT molecular complexity index is 360. The predicted molar refractivity (Wildman–Crippen MR) is 75.3 cm³/mol. The fraction of sp³-hybridized carbons (Fsp3) is 0.364. The third-order valence-electron chi connectivity index (χ3n) is 1.93. The normalized spacial score (nSPS) is 11.2. The van der Waals surface area contributed by atoms with Gasteiger partial charge >= 0.3 is 0 Å². The summed E-state index contributed by atoms with van der Waals surface area (Å²) < 4.78 is 1.18. The first-order chi connectivity index (χ1) is 7.76. The van der Waals surface area contributed by atoms with Gasteiger partial charge in [0.15, 0.2) is 5.96 Å². The number of hydrogen-bond acceptors (Lipinski definition) is 2. The summed E-state index contributed by atoms with van der Waals surface area (Å²) >= 11 is 5.22. The maximum absolute atomic E-state index is 4.10. The summed E-state index contributed by atoms with van der Waals surface area (Å²) in [5, 5.41) is 6.37. The van der Waals surface area contributed by atoms with Crippen LogP contribution in [0.2, 0.25) is 0 Å². The Morgan fingerprint density at radius 2 is 2.38 bits per heavy atom. The maximum Gasteiger partial charge on any atom is 0.191 e. The Morgan fingerprint density at radius 3 is 2.94 bits per heavy atom. The van der Waals surface area contributed by atoms with Gasteiger partial charge in [-0.1, -0.05) is 6.08 Å². The summed E-state index contributed by atoms with van der Waals surface area (Å²) in [6.07, 6.45) is 2.81. The van der Waals surface area contributed by atoms with Crippen LogP contribution in [-0.2, 0) is 6.42 Å². The highest BCUT2D eigenvalue weighted by atomic mass is 79.9. The average Bonchev–Trinajstić information content (AvgIpc) is 2.69. The minimum atomic E-state index is 0.726. The number of aliphatic imine (C=N–C) groups is 1. The van der Waals surface area contributed by atoms with Gasteiger partial charge in [-0.3, -0.25) is 4.99 Å². The highest BCUT2D eigenvalue weighted by Gasteiger charge is 1.98. The van der Waals surface area contributed by atoms with E-state index in [1.165, 1.54) is 8.66 Å². The average molecular weight is 302 g/mol. The molecule has 88 valence electrons. The van der Waals surface area contributed by atoms with Crippen LogP contribution in [-0.4, -0.2) is 26.1 Å². The van der Waals surface area contributed by atoms with E-state index in [2.05, 4.69) is 50.3 Å². The number of hydrogen-bond donors (Lipinski definition) is 2. The van der Waals surface area contributed by atoms with Crippen LogP contribution >= 0.6 is 27.3 Å². The predicted octanol–water partition coefficient (Wildman–Crippen LogP) is 2.40. The van der Waals surface area contributed by atoms with E-state index in [-0.39, 0.29) is 0 Å². The molecule has 0 aromatic carbocycles. The molecular weight excluding hydrogens is 286 g/mol. The zero-order chi connectivity index (χ0) is 11.8. The van der Waals surface area contributed by atoms with Crippen LogP contribution in [0.25, 0.3) is 0 Å². The molecule has 16 heavy (non-hydrogen) atoms. The molecule has 0 amide bonds. The summed E-state index contributed by atoms with van der Waals surface area (Å²) in [7, 11) is 1.76. The van der Waals surface area contributed by atoms with Crippen LogP contribution < -0.4 is 10.6 Å². The zero-order valence-corrected chi connectivity index (χ0v) is 11.7. The number of rotatable bonds is 5. The van der Waals surface area contributed by atoms with Gasteiger partial charge in [0.2, 0.25) is 0 Å². The number of halogens is 1. The lowest BCUT2D eigenvalue weighted by molar-refractivity contribution is 0.829. The van der Waals surface area contributed by atoms with Crippen LogP contribution in [0.1, 0.15) is 4.88 Å². The summed E-state index contributed by atoms with van der Waals surface area (Å²) in [4.78, 5) is 5.46. The topological polar surface area (TPSA) is 36.4 Å². The minimum Gasteiger partial charge on any atom is -0.356 e. The molecule has 1 rings (SSSR count). The van der Waals surface area contributed by atoms with Crippen molar-refractivity contribution in [1.29, 1.82) is 0 Å². The lowest BCUT2D eigenvalue weighted by Gasteiger charge is -2.09. The van der Waals surface area contributed by atoms with Gasteiger partial charge in [0.25, 0.3) is 0 Å². The van der Waals surface area contributed by atoms with Crippen LogP contribution in [0, 0.1) is 0 Å². The molecule has 0 spiro atoms. The van der Waals surface area contributed by atoms with Crippen molar-refractivity contribution in [3.63, 3.8) is 0 Å². The second kappa shape index (κ2) is 7.46. The molecule has 0 saturated heterocycles. The van der Waals surface area contributed by atoms with Crippen LogP contribution in [0.5, 0.6) is 0 Å². The van der Waals surface area contributed by atoms with Crippen molar-refractivity contribution >= 4 is 33.2 Å². The van der Waals surface area contributed by atoms with Crippen LogP contribution in [0.15, 0.2) is 33.6 Å². The van der Waals surface area contributed by atoms with Gasteiger partial charge < -0.3 is 10.6 Å². The fourth-order valence-corrected chi connectivity index (χ4v) is 2.66. The third kappa shape index (κ3) is 4.81. The lowest BCUT2D eigenvalue weighted by Crippen LogP contribution is -2.38. The lowest BCUT2D eigenvalue weighted by atomic mass is 10.3. The Hall–Kier alpha value is -0.810. The van der Waals surface area contributed by atoms with Crippen molar-refractivity contribution in [3.8, 4) is 0 Å². The number of nitrogens with zero attached hydrogens (tertiary/aromatic N) is 1. The van der Waals surface area contributed by atoms with Gasteiger partial charge in [-0.15, -0.1) is 17.9 Å². The molecule has 0 bridgehead atoms. The summed E-state index contributed by atoms with van der Waals surface area (Å²) in [6, 6.07) is 4.21. The van der Waals surface area contributed by atoms with E-state index in [0.717, 1.165) is 25.5 Å². The van der Waals surface area contributed by atoms with E-state index in [1.807, 2.05) is 6.08 Å². The first-order valence-electron chi connectivity index (χ1n) is 5.06. The molecule has 1 aromatic rings. The van der Waals surface area contributed by atoms with E-state index < -0.39 is 0 Å². The highest BCUT2D eigenvalue weighted by Crippen LogP contribution is 2.21. The maximum atomic E-state index is 4.10. The highest BCUT2D eigenvalue weighted by molar-refractivity contribution is 9.11. The van der Waals surface area contributed by atoms with Gasteiger partial charge in [-0.25, -0.2) is 0 Å². The molecule has 0 saturated carbocycles. The fourth-order valence-electron chi connectivity index (χ4n) is 1.18. The molecular formula is C11H16BrN3S. The van der Waals surface area contributed by atoms with E-state index in [1.54, 1.807) is 18.4 Å². The Labute approximate surface area is 109 Å². The molecule has 0 radical (unpaired) electrons. The Morgan fingerprint density at radius 1 is 1.56 bits per heavy atom. The minimum absolute atomic E-state index is 0.726. The van der Waals surface area contributed by atoms with E-state index in [9.17, 15) is 0 Å². The second-order valence-corrected chi connectivity index (χ2v) is 5.67.